The molecule has 1 heterocycles. The quantitative estimate of drug-likeness (QED) is 0.797. The number of nitrogens with one attached hydrogen (secondary N) is 1. The summed E-state index contributed by atoms with van der Waals surface area (Å²) in [5.41, 5.74) is 1.47. The highest BCUT2D eigenvalue weighted by molar-refractivity contribution is 6.31. The highest BCUT2D eigenvalue weighted by Gasteiger charge is 2.26. The second-order valence-corrected chi connectivity index (χ2v) is 5.66. The third kappa shape index (κ3) is 3.97. The van der Waals surface area contributed by atoms with E-state index in [2.05, 4.69) is 30.3 Å². The lowest BCUT2D eigenvalue weighted by atomic mass is 9.92. The first-order chi connectivity index (χ1) is 9.49. The Morgan fingerprint density at radius 2 is 2.10 bits per heavy atom. The average molecular weight is 297 g/mol. The van der Waals surface area contributed by atoms with Gasteiger partial charge in [-0.1, -0.05) is 25.4 Å². The molecule has 1 N–H and O–H groups in total. The Kier molecular flexibility index (Phi) is 6.51. The normalized spacial score (nSPS) is 14.0. The van der Waals surface area contributed by atoms with Crippen LogP contribution in [0.1, 0.15) is 50.9 Å². The summed E-state index contributed by atoms with van der Waals surface area (Å²) in [4.78, 5) is 0. The zero-order valence-electron chi connectivity index (χ0n) is 13.0. The minimum Gasteiger partial charge on any atom is -0.299 e. The molecule has 0 aliphatic rings. The molecular weight excluding hydrogens is 272 g/mol. The molecule has 0 aliphatic heterocycles. The van der Waals surface area contributed by atoms with Crippen molar-refractivity contribution in [1.82, 2.24) is 15.1 Å². The molecule has 0 amide bonds. The van der Waals surface area contributed by atoms with Crippen molar-refractivity contribution in [2.45, 2.75) is 65.5 Å². The van der Waals surface area contributed by atoms with Crippen molar-refractivity contribution in [3.8, 4) is 6.07 Å². The summed E-state index contributed by atoms with van der Waals surface area (Å²) >= 11 is 6.14. The summed E-state index contributed by atoms with van der Waals surface area (Å²) in [6.07, 6.45) is 3.60. The van der Waals surface area contributed by atoms with Crippen molar-refractivity contribution in [3.63, 3.8) is 0 Å². The first-order valence-corrected chi connectivity index (χ1v) is 7.73. The molecule has 4 nitrogen and oxygen atoms in total. The lowest BCUT2D eigenvalue weighted by Crippen LogP contribution is -2.44. The molecule has 0 bridgehead atoms. The standard InChI is InChI=1S/C15H25ClN4/c1-5-9-18-15(6-2,11-17)8-7-10-20-13(4)14(16)12(3)19-20/h18H,5-10H2,1-4H3. The van der Waals surface area contributed by atoms with E-state index in [9.17, 15) is 5.26 Å². The Hall–Kier alpha value is -1.05. The molecule has 1 atom stereocenters. The lowest BCUT2D eigenvalue weighted by Gasteiger charge is -2.26. The maximum atomic E-state index is 9.45. The van der Waals surface area contributed by atoms with Crippen LogP contribution in [0.4, 0.5) is 0 Å². The van der Waals surface area contributed by atoms with Crippen molar-refractivity contribution in [2.24, 2.45) is 0 Å². The molecule has 0 spiro atoms. The second-order valence-electron chi connectivity index (χ2n) is 5.29. The highest BCUT2D eigenvalue weighted by Crippen LogP contribution is 2.21. The summed E-state index contributed by atoms with van der Waals surface area (Å²) in [6, 6.07) is 2.45. The Morgan fingerprint density at radius 1 is 1.40 bits per heavy atom. The van der Waals surface area contributed by atoms with Gasteiger partial charge in [-0.05, 0) is 46.1 Å². The van der Waals surface area contributed by atoms with Crippen LogP contribution in [0, 0.1) is 25.2 Å². The molecule has 1 aromatic rings. The van der Waals surface area contributed by atoms with Gasteiger partial charge in [-0.25, -0.2) is 0 Å². The number of aryl methyl sites for hydroxylation is 2. The summed E-state index contributed by atoms with van der Waals surface area (Å²) in [6.45, 7) is 9.76. The van der Waals surface area contributed by atoms with Crippen LogP contribution in [0.5, 0.6) is 0 Å². The van der Waals surface area contributed by atoms with Gasteiger partial charge in [0.05, 0.1) is 22.5 Å². The summed E-state index contributed by atoms with van der Waals surface area (Å²) in [7, 11) is 0. The minimum atomic E-state index is -0.407. The van der Waals surface area contributed by atoms with Gasteiger partial charge in [0.1, 0.15) is 5.54 Å². The Labute approximate surface area is 127 Å². The van der Waals surface area contributed by atoms with Gasteiger partial charge in [0.15, 0.2) is 0 Å². The van der Waals surface area contributed by atoms with Gasteiger partial charge in [0, 0.05) is 6.54 Å². The molecule has 0 fully saturated rings. The molecule has 112 valence electrons. The Bertz CT molecular complexity index is 475. The van der Waals surface area contributed by atoms with Gasteiger partial charge in [-0.3, -0.25) is 10.00 Å². The molecule has 1 aromatic heterocycles. The van der Waals surface area contributed by atoms with E-state index in [1.165, 1.54) is 0 Å². The van der Waals surface area contributed by atoms with Crippen LogP contribution in [-0.2, 0) is 6.54 Å². The minimum absolute atomic E-state index is 0.407. The summed E-state index contributed by atoms with van der Waals surface area (Å²) in [5, 5.41) is 18.0. The van der Waals surface area contributed by atoms with Crippen molar-refractivity contribution in [1.29, 1.82) is 5.26 Å². The smallest absolute Gasteiger partial charge is 0.106 e. The van der Waals surface area contributed by atoms with E-state index in [0.29, 0.717) is 0 Å². The van der Waals surface area contributed by atoms with Crippen LogP contribution in [0.25, 0.3) is 0 Å². The van der Waals surface area contributed by atoms with Crippen LogP contribution >= 0.6 is 11.6 Å². The van der Waals surface area contributed by atoms with Gasteiger partial charge >= 0.3 is 0 Å². The van der Waals surface area contributed by atoms with Crippen molar-refractivity contribution < 1.29 is 0 Å². The molecule has 0 aliphatic carbocycles. The molecule has 1 rings (SSSR count). The van der Waals surface area contributed by atoms with Crippen molar-refractivity contribution in [2.75, 3.05) is 6.54 Å². The molecule has 20 heavy (non-hydrogen) atoms. The van der Waals surface area contributed by atoms with E-state index in [1.807, 2.05) is 18.5 Å². The van der Waals surface area contributed by atoms with Crippen LogP contribution < -0.4 is 5.32 Å². The average Bonchev–Trinajstić information content (AvgIpc) is 2.70. The van der Waals surface area contributed by atoms with E-state index in [0.717, 1.165) is 55.2 Å². The van der Waals surface area contributed by atoms with E-state index < -0.39 is 5.54 Å². The fraction of sp³-hybridized carbons (Fsp3) is 0.733. The predicted molar refractivity (Wildman–Crippen MR) is 82.9 cm³/mol. The van der Waals surface area contributed by atoms with Crippen molar-refractivity contribution >= 4 is 11.6 Å². The van der Waals surface area contributed by atoms with E-state index in [-0.39, 0.29) is 0 Å². The number of hydrogen-bond acceptors (Lipinski definition) is 3. The largest absolute Gasteiger partial charge is 0.299 e. The molecule has 5 heteroatoms. The van der Waals surface area contributed by atoms with E-state index >= 15 is 0 Å². The predicted octanol–water partition coefficient (Wildman–Crippen LogP) is 3.61. The highest BCUT2D eigenvalue weighted by atomic mass is 35.5. The van der Waals surface area contributed by atoms with Gasteiger partial charge in [-0.15, -0.1) is 0 Å². The number of aromatic nitrogens is 2. The summed E-state index contributed by atoms with van der Waals surface area (Å²) in [5.74, 6) is 0. The maximum absolute atomic E-state index is 9.45. The molecule has 1 unspecified atom stereocenters. The maximum Gasteiger partial charge on any atom is 0.106 e. The lowest BCUT2D eigenvalue weighted by molar-refractivity contribution is 0.351. The van der Waals surface area contributed by atoms with Crippen molar-refractivity contribution in [3.05, 3.63) is 16.4 Å². The van der Waals surface area contributed by atoms with Crippen LogP contribution in [0.15, 0.2) is 0 Å². The van der Waals surface area contributed by atoms with E-state index in [4.69, 9.17) is 11.6 Å². The first kappa shape index (κ1) is 17.0. The van der Waals surface area contributed by atoms with Gasteiger partial charge in [0.2, 0.25) is 0 Å². The van der Waals surface area contributed by atoms with Gasteiger partial charge in [-0.2, -0.15) is 10.4 Å². The van der Waals surface area contributed by atoms with Crippen LogP contribution in [-0.4, -0.2) is 21.9 Å². The second kappa shape index (κ2) is 7.66. The topological polar surface area (TPSA) is 53.6 Å². The zero-order chi connectivity index (χ0) is 15.2. The van der Waals surface area contributed by atoms with Crippen LogP contribution in [0.3, 0.4) is 0 Å². The van der Waals surface area contributed by atoms with Crippen LogP contribution in [0.2, 0.25) is 5.02 Å². The monoisotopic (exact) mass is 296 g/mol. The first-order valence-electron chi connectivity index (χ1n) is 7.35. The Balaban J connectivity index is 2.60. The third-order valence-corrected chi connectivity index (χ3v) is 4.34. The molecule has 0 aromatic carbocycles. The molecular formula is C15H25ClN4. The van der Waals surface area contributed by atoms with Gasteiger partial charge < -0.3 is 0 Å². The fourth-order valence-electron chi connectivity index (χ4n) is 2.35. The van der Waals surface area contributed by atoms with E-state index in [1.54, 1.807) is 0 Å². The number of halogens is 1. The zero-order valence-corrected chi connectivity index (χ0v) is 13.7. The summed E-state index contributed by atoms with van der Waals surface area (Å²) < 4.78 is 1.94. The fourth-order valence-corrected chi connectivity index (χ4v) is 2.49. The number of hydrogen-bond donors (Lipinski definition) is 1. The van der Waals surface area contributed by atoms with Gasteiger partial charge in [0.25, 0.3) is 0 Å². The number of nitrogens with zero attached hydrogens (tertiary/aromatic N) is 3. The Morgan fingerprint density at radius 3 is 2.55 bits per heavy atom. The molecule has 0 radical (unpaired) electrons. The molecule has 0 saturated carbocycles. The molecule has 0 saturated heterocycles. The SMILES string of the molecule is CCCNC(C#N)(CC)CCCn1nc(C)c(Cl)c1C. The third-order valence-electron chi connectivity index (χ3n) is 3.80. The number of nitriles is 1. The number of rotatable bonds is 8.